The molecule has 0 atom stereocenters. The monoisotopic (exact) mass is 327 g/mol. The van der Waals surface area contributed by atoms with Crippen LogP contribution in [0.25, 0.3) is 0 Å². The van der Waals surface area contributed by atoms with Crippen molar-refractivity contribution in [3.63, 3.8) is 0 Å². The third-order valence-electron chi connectivity index (χ3n) is 2.73. The van der Waals surface area contributed by atoms with Gasteiger partial charge in [-0.25, -0.2) is 0 Å². The lowest BCUT2D eigenvalue weighted by Crippen LogP contribution is -2.39. The quantitative estimate of drug-likeness (QED) is 0.377. The topological polar surface area (TPSA) is 78.9 Å². The van der Waals surface area contributed by atoms with Gasteiger partial charge in [-0.1, -0.05) is 17.3 Å². The fraction of sp³-hybridized carbons (Fsp3) is 0.385. The lowest BCUT2D eigenvalue weighted by atomic mass is 10.1. The molecule has 104 valence electrons. The summed E-state index contributed by atoms with van der Waals surface area (Å²) in [6, 6.07) is 7.31. The number of rotatable bonds is 5. The number of benzene rings is 1. The van der Waals surface area contributed by atoms with E-state index >= 15 is 0 Å². The molecule has 3 N–H and O–H groups in total. The van der Waals surface area contributed by atoms with E-state index in [2.05, 4.69) is 21.1 Å². The summed E-state index contributed by atoms with van der Waals surface area (Å²) in [5.41, 5.74) is 6.05. The third-order valence-corrected chi connectivity index (χ3v) is 3.42. The van der Waals surface area contributed by atoms with Crippen molar-refractivity contribution in [2.75, 3.05) is 6.54 Å². The maximum atomic E-state index is 12.5. The third kappa shape index (κ3) is 4.24. The highest BCUT2D eigenvalue weighted by Gasteiger charge is 2.20. The van der Waals surface area contributed by atoms with E-state index in [1.165, 1.54) is 0 Å². The van der Waals surface area contributed by atoms with Crippen molar-refractivity contribution in [1.82, 2.24) is 4.90 Å². The fourth-order valence-corrected chi connectivity index (χ4v) is 2.12. The zero-order valence-corrected chi connectivity index (χ0v) is 12.6. The summed E-state index contributed by atoms with van der Waals surface area (Å²) in [6.07, 6.45) is 0.338. The van der Waals surface area contributed by atoms with Gasteiger partial charge in [-0.15, -0.1) is 0 Å². The lowest BCUT2D eigenvalue weighted by molar-refractivity contribution is 0.0710. The first-order chi connectivity index (χ1) is 8.97. The Bertz CT molecular complexity index is 475. The van der Waals surface area contributed by atoms with Gasteiger partial charge in [-0.05, 0) is 41.9 Å². The molecule has 19 heavy (non-hydrogen) atoms. The first-order valence-corrected chi connectivity index (χ1v) is 6.78. The molecular weight excluding hydrogens is 310 g/mol. The maximum Gasteiger partial charge on any atom is 0.255 e. The van der Waals surface area contributed by atoms with Crippen LogP contribution < -0.4 is 5.73 Å². The largest absolute Gasteiger partial charge is 0.409 e. The number of amidine groups is 1. The number of amides is 1. The molecule has 5 nitrogen and oxygen atoms in total. The zero-order valence-electron chi connectivity index (χ0n) is 11.0. The van der Waals surface area contributed by atoms with E-state index in [-0.39, 0.29) is 17.8 Å². The number of carbonyl (C=O) groups excluding carboxylic acids is 1. The standard InChI is InChI=1S/C13H18BrN3O2/c1-9(2)17(8-7-12(15)16-19)13(18)10-5-3-4-6-11(10)14/h3-6,9,19H,7-8H2,1-2H3,(H2,15,16). The average molecular weight is 328 g/mol. The molecule has 0 saturated heterocycles. The molecular formula is C13H18BrN3O2. The van der Waals surface area contributed by atoms with E-state index in [0.29, 0.717) is 18.5 Å². The van der Waals surface area contributed by atoms with E-state index in [1.807, 2.05) is 32.0 Å². The first-order valence-electron chi connectivity index (χ1n) is 5.99. The van der Waals surface area contributed by atoms with Crippen LogP contribution in [0, 0.1) is 0 Å². The fourth-order valence-electron chi connectivity index (χ4n) is 1.67. The average Bonchev–Trinajstić information content (AvgIpc) is 2.38. The summed E-state index contributed by atoms with van der Waals surface area (Å²) in [7, 11) is 0. The number of hydrogen-bond acceptors (Lipinski definition) is 3. The smallest absolute Gasteiger partial charge is 0.255 e. The van der Waals surface area contributed by atoms with Gasteiger partial charge in [-0.3, -0.25) is 4.79 Å². The first kappa shape index (κ1) is 15.5. The summed E-state index contributed by atoms with van der Waals surface area (Å²) in [5.74, 6) is 0.0405. The highest BCUT2D eigenvalue weighted by molar-refractivity contribution is 9.10. The molecule has 1 amide bonds. The van der Waals surface area contributed by atoms with Crippen molar-refractivity contribution in [1.29, 1.82) is 0 Å². The molecule has 0 radical (unpaired) electrons. The summed E-state index contributed by atoms with van der Waals surface area (Å²) in [6.45, 7) is 4.27. The highest BCUT2D eigenvalue weighted by atomic mass is 79.9. The van der Waals surface area contributed by atoms with Gasteiger partial charge in [0.25, 0.3) is 5.91 Å². The van der Waals surface area contributed by atoms with Crippen LogP contribution in [-0.4, -0.2) is 34.4 Å². The van der Waals surface area contributed by atoms with Crippen LogP contribution in [0.1, 0.15) is 30.6 Å². The van der Waals surface area contributed by atoms with E-state index in [4.69, 9.17) is 10.9 Å². The molecule has 0 bridgehead atoms. The summed E-state index contributed by atoms with van der Waals surface area (Å²) >= 11 is 3.37. The van der Waals surface area contributed by atoms with Gasteiger partial charge < -0.3 is 15.8 Å². The molecule has 1 rings (SSSR count). The van der Waals surface area contributed by atoms with E-state index in [1.54, 1.807) is 11.0 Å². The molecule has 0 spiro atoms. The van der Waals surface area contributed by atoms with Gasteiger partial charge in [-0.2, -0.15) is 0 Å². The summed E-state index contributed by atoms with van der Waals surface area (Å²) in [4.78, 5) is 14.2. The molecule has 0 saturated carbocycles. The predicted molar refractivity (Wildman–Crippen MR) is 78.3 cm³/mol. The van der Waals surface area contributed by atoms with Crippen LogP contribution in [0.4, 0.5) is 0 Å². The number of carbonyl (C=O) groups is 1. The molecule has 0 unspecified atom stereocenters. The van der Waals surface area contributed by atoms with Gasteiger partial charge in [0.15, 0.2) is 0 Å². The molecule has 6 heteroatoms. The maximum absolute atomic E-state index is 12.5. The molecule has 0 fully saturated rings. The van der Waals surface area contributed by atoms with E-state index < -0.39 is 0 Å². The zero-order chi connectivity index (χ0) is 14.4. The van der Waals surface area contributed by atoms with Crippen molar-refractivity contribution < 1.29 is 10.0 Å². The predicted octanol–water partition coefficient (Wildman–Crippen LogP) is 2.44. The second kappa shape index (κ2) is 7.13. The van der Waals surface area contributed by atoms with Gasteiger partial charge in [0, 0.05) is 23.5 Å². The molecule has 0 aliphatic heterocycles. The van der Waals surface area contributed by atoms with Crippen LogP contribution >= 0.6 is 15.9 Å². The SMILES string of the molecule is CC(C)N(CC/C(N)=N/O)C(=O)c1ccccc1Br. The van der Waals surface area contributed by atoms with Crippen molar-refractivity contribution >= 4 is 27.7 Å². The Hall–Kier alpha value is -1.56. The Morgan fingerprint density at radius 2 is 2.11 bits per heavy atom. The Kier molecular flexibility index (Phi) is 5.82. The minimum absolute atomic E-state index is 0.0334. The van der Waals surface area contributed by atoms with Crippen LogP contribution in [0.5, 0.6) is 0 Å². The minimum Gasteiger partial charge on any atom is -0.409 e. The van der Waals surface area contributed by atoms with Gasteiger partial charge in [0.2, 0.25) is 0 Å². The Labute approximate surface area is 121 Å². The van der Waals surface area contributed by atoms with Gasteiger partial charge in [0.1, 0.15) is 5.84 Å². The Morgan fingerprint density at radius 1 is 1.47 bits per heavy atom. The number of hydrogen-bond donors (Lipinski definition) is 2. The minimum atomic E-state index is -0.0757. The molecule has 1 aromatic rings. The van der Waals surface area contributed by atoms with Gasteiger partial charge in [0.05, 0.1) is 5.56 Å². The second-order valence-electron chi connectivity index (χ2n) is 4.41. The van der Waals surface area contributed by atoms with Crippen molar-refractivity contribution in [2.24, 2.45) is 10.9 Å². The number of halogens is 1. The second-order valence-corrected chi connectivity index (χ2v) is 5.27. The molecule has 0 aliphatic carbocycles. The van der Waals surface area contributed by atoms with Crippen molar-refractivity contribution in [3.05, 3.63) is 34.3 Å². The summed E-state index contributed by atoms with van der Waals surface area (Å²) < 4.78 is 0.759. The van der Waals surface area contributed by atoms with Crippen molar-refractivity contribution in [3.8, 4) is 0 Å². The van der Waals surface area contributed by atoms with Crippen LogP contribution in [-0.2, 0) is 0 Å². The Morgan fingerprint density at radius 3 is 2.63 bits per heavy atom. The molecule has 1 aromatic carbocycles. The normalized spacial score (nSPS) is 11.7. The van der Waals surface area contributed by atoms with Gasteiger partial charge >= 0.3 is 0 Å². The lowest BCUT2D eigenvalue weighted by Gasteiger charge is -2.27. The molecule has 0 heterocycles. The Balaban J connectivity index is 2.88. The summed E-state index contributed by atoms with van der Waals surface area (Å²) in [5, 5.41) is 11.5. The van der Waals surface area contributed by atoms with Crippen LogP contribution in [0.2, 0.25) is 0 Å². The van der Waals surface area contributed by atoms with Crippen molar-refractivity contribution in [2.45, 2.75) is 26.3 Å². The molecule has 0 aromatic heterocycles. The van der Waals surface area contributed by atoms with Crippen LogP contribution in [0.15, 0.2) is 33.9 Å². The molecule has 0 aliphatic rings. The number of nitrogens with two attached hydrogens (primary N) is 1. The van der Waals surface area contributed by atoms with E-state index in [0.717, 1.165) is 4.47 Å². The highest BCUT2D eigenvalue weighted by Crippen LogP contribution is 2.19. The number of oxime groups is 1. The number of nitrogens with zero attached hydrogens (tertiary/aromatic N) is 2. The van der Waals surface area contributed by atoms with E-state index in [9.17, 15) is 4.79 Å². The van der Waals surface area contributed by atoms with Crippen LogP contribution in [0.3, 0.4) is 0 Å².